The summed E-state index contributed by atoms with van der Waals surface area (Å²) in [7, 11) is 1.37. The monoisotopic (exact) mass is 526 g/mol. The van der Waals surface area contributed by atoms with Crippen LogP contribution < -0.4 is 9.47 Å². The van der Waals surface area contributed by atoms with Crippen molar-refractivity contribution in [3.63, 3.8) is 0 Å². The Hall–Kier alpha value is -4.21. The number of nitro groups is 1. The number of methoxy groups -OCH3 is 1. The van der Waals surface area contributed by atoms with Gasteiger partial charge in [0.05, 0.1) is 33.2 Å². The lowest BCUT2D eigenvalue weighted by Gasteiger charge is -2.12. The van der Waals surface area contributed by atoms with Crippen molar-refractivity contribution in [2.45, 2.75) is 6.92 Å². The van der Waals surface area contributed by atoms with Crippen molar-refractivity contribution in [3.8, 4) is 11.5 Å². The first-order valence-corrected chi connectivity index (χ1v) is 11.0. The van der Waals surface area contributed by atoms with E-state index in [1.54, 1.807) is 18.2 Å². The van der Waals surface area contributed by atoms with Crippen LogP contribution in [0.3, 0.4) is 0 Å². The summed E-state index contributed by atoms with van der Waals surface area (Å²) >= 11 is 12.5. The van der Waals surface area contributed by atoms with Crippen molar-refractivity contribution in [3.05, 3.63) is 103 Å². The lowest BCUT2D eigenvalue weighted by Crippen LogP contribution is -2.10. The van der Waals surface area contributed by atoms with Gasteiger partial charge in [0.1, 0.15) is 0 Å². The Morgan fingerprint density at radius 2 is 1.89 bits per heavy atom. The van der Waals surface area contributed by atoms with Crippen molar-refractivity contribution in [2.75, 3.05) is 7.11 Å². The zero-order valence-corrected chi connectivity index (χ0v) is 20.3. The summed E-state index contributed by atoms with van der Waals surface area (Å²) in [5, 5.41) is 11.3. The lowest BCUT2D eigenvalue weighted by molar-refractivity contribution is -0.384. The molecule has 0 radical (unpaired) electrons. The second-order valence-corrected chi connectivity index (χ2v) is 8.36. The summed E-state index contributed by atoms with van der Waals surface area (Å²) in [5.74, 6) is -1.44. The molecule has 182 valence electrons. The molecule has 0 aliphatic carbocycles. The van der Waals surface area contributed by atoms with Crippen LogP contribution in [0.15, 0.2) is 65.3 Å². The Labute approximate surface area is 214 Å². The second kappa shape index (κ2) is 10.2. The zero-order chi connectivity index (χ0) is 26.0. The predicted molar refractivity (Wildman–Crippen MR) is 133 cm³/mol. The maximum Gasteiger partial charge on any atom is 0.363 e. The summed E-state index contributed by atoms with van der Waals surface area (Å²) in [4.78, 5) is 39.6. The number of benzene rings is 3. The molecule has 0 saturated heterocycles. The Morgan fingerprint density at radius 1 is 1.11 bits per heavy atom. The normalized spacial score (nSPS) is 13.8. The number of rotatable bonds is 6. The third kappa shape index (κ3) is 5.22. The minimum Gasteiger partial charge on any atom is -0.493 e. The van der Waals surface area contributed by atoms with E-state index in [4.69, 9.17) is 37.4 Å². The van der Waals surface area contributed by atoms with Crippen molar-refractivity contribution in [1.29, 1.82) is 0 Å². The van der Waals surface area contributed by atoms with Gasteiger partial charge in [-0.15, -0.1) is 0 Å². The number of esters is 2. The fraction of sp³-hybridized carbons (Fsp3) is 0.0800. The molecular formula is C25H16Cl2N2O7. The summed E-state index contributed by atoms with van der Waals surface area (Å²) in [5.41, 5.74) is 1.38. The summed E-state index contributed by atoms with van der Waals surface area (Å²) in [6, 6.07) is 13.5. The quantitative estimate of drug-likeness (QED) is 0.131. The number of aryl methyl sites for hydroxylation is 1. The van der Waals surface area contributed by atoms with Gasteiger partial charge in [-0.25, -0.2) is 14.6 Å². The first-order valence-electron chi connectivity index (χ1n) is 10.3. The number of carbonyl (C=O) groups is 2. The molecular weight excluding hydrogens is 511 g/mol. The molecule has 0 bridgehead atoms. The van der Waals surface area contributed by atoms with Gasteiger partial charge >= 0.3 is 11.9 Å². The maximum atomic E-state index is 12.6. The highest BCUT2D eigenvalue weighted by atomic mass is 35.5. The van der Waals surface area contributed by atoms with Crippen molar-refractivity contribution in [2.24, 2.45) is 4.99 Å². The first-order chi connectivity index (χ1) is 17.2. The molecule has 0 fully saturated rings. The van der Waals surface area contributed by atoms with Crippen LogP contribution in [0.5, 0.6) is 11.5 Å². The number of hydrogen-bond acceptors (Lipinski definition) is 8. The first kappa shape index (κ1) is 24.9. The van der Waals surface area contributed by atoms with Crippen LogP contribution in [0.4, 0.5) is 5.69 Å². The van der Waals surface area contributed by atoms with Gasteiger partial charge in [0, 0.05) is 12.1 Å². The number of carbonyl (C=O) groups excluding carboxylic acids is 2. The van der Waals surface area contributed by atoms with Crippen LogP contribution in [-0.4, -0.2) is 29.9 Å². The van der Waals surface area contributed by atoms with Gasteiger partial charge in [0.15, 0.2) is 17.2 Å². The predicted octanol–water partition coefficient (Wildman–Crippen LogP) is 5.78. The topological polar surface area (TPSA) is 117 Å². The highest BCUT2D eigenvalue weighted by Gasteiger charge is 2.27. The highest BCUT2D eigenvalue weighted by Crippen LogP contribution is 2.38. The number of halogens is 2. The van der Waals surface area contributed by atoms with Gasteiger partial charge in [0.2, 0.25) is 5.90 Å². The maximum absolute atomic E-state index is 12.6. The minimum atomic E-state index is -0.794. The molecule has 11 heteroatoms. The van der Waals surface area contributed by atoms with Crippen LogP contribution in [0.25, 0.3) is 6.08 Å². The Morgan fingerprint density at radius 3 is 2.58 bits per heavy atom. The van der Waals surface area contributed by atoms with Gasteiger partial charge < -0.3 is 14.2 Å². The molecule has 1 heterocycles. The molecule has 3 aromatic carbocycles. The molecule has 9 nitrogen and oxygen atoms in total. The minimum absolute atomic E-state index is 0.00869. The standard InChI is InChI=1S/C25H16Cl2N2O7/c1-13-4-3-5-15(8-13)24(30)35-22-19(27)9-14(11-21(22)34-2)10-20-25(31)36-23(28-20)17-12-16(29(32)33)6-7-18(17)26/h3-12H,1-2H3/b20-10-. The fourth-order valence-corrected chi connectivity index (χ4v) is 3.77. The van der Waals surface area contributed by atoms with Gasteiger partial charge in [-0.3, -0.25) is 10.1 Å². The molecule has 0 aromatic heterocycles. The van der Waals surface area contributed by atoms with E-state index in [0.29, 0.717) is 11.1 Å². The van der Waals surface area contributed by atoms with E-state index in [0.717, 1.165) is 11.6 Å². The molecule has 0 spiro atoms. The number of non-ortho nitro benzene ring substituents is 1. The smallest absolute Gasteiger partial charge is 0.363 e. The number of cyclic esters (lactones) is 1. The Bertz CT molecular complexity index is 1480. The number of hydrogen-bond donors (Lipinski definition) is 0. The molecule has 3 aromatic rings. The van der Waals surface area contributed by atoms with Crippen LogP contribution in [0.1, 0.15) is 27.0 Å². The lowest BCUT2D eigenvalue weighted by atomic mass is 10.1. The number of aliphatic imine (C=N–C) groups is 1. The summed E-state index contributed by atoms with van der Waals surface area (Å²) < 4.78 is 16.0. The van der Waals surface area contributed by atoms with Gasteiger partial charge in [-0.1, -0.05) is 40.9 Å². The van der Waals surface area contributed by atoms with Gasteiger partial charge in [0.25, 0.3) is 5.69 Å². The second-order valence-electron chi connectivity index (χ2n) is 7.55. The van der Waals surface area contributed by atoms with Crippen LogP contribution in [0, 0.1) is 17.0 Å². The van der Waals surface area contributed by atoms with Crippen LogP contribution >= 0.6 is 23.2 Å². The molecule has 1 aliphatic heterocycles. The van der Waals surface area contributed by atoms with Crippen molar-refractivity contribution in [1.82, 2.24) is 0 Å². The molecule has 1 aliphatic rings. The van der Waals surface area contributed by atoms with E-state index < -0.39 is 16.9 Å². The highest BCUT2D eigenvalue weighted by molar-refractivity contribution is 6.34. The van der Waals surface area contributed by atoms with E-state index in [2.05, 4.69) is 4.99 Å². The summed E-state index contributed by atoms with van der Waals surface area (Å²) in [6.07, 6.45) is 1.38. The molecule has 4 rings (SSSR count). The van der Waals surface area contributed by atoms with E-state index in [1.807, 2.05) is 13.0 Å². The van der Waals surface area contributed by atoms with Gasteiger partial charge in [-0.05, 0) is 48.9 Å². The third-order valence-corrected chi connectivity index (χ3v) is 5.63. The zero-order valence-electron chi connectivity index (χ0n) is 18.8. The number of nitrogens with zero attached hydrogens (tertiary/aromatic N) is 2. The molecule has 0 saturated carbocycles. The van der Waals surface area contributed by atoms with Gasteiger partial charge in [-0.2, -0.15) is 0 Å². The molecule has 36 heavy (non-hydrogen) atoms. The SMILES string of the molecule is COc1cc(/C=C2\N=C(c3cc([N+](=O)[O-])ccc3Cl)OC2=O)cc(Cl)c1OC(=O)c1cccc(C)c1. The fourth-order valence-electron chi connectivity index (χ4n) is 3.32. The Kier molecular flexibility index (Phi) is 7.05. The summed E-state index contributed by atoms with van der Waals surface area (Å²) in [6.45, 7) is 1.85. The van der Waals surface area contributed by atoms with E-state index >= 15 is 0 Å². The molecule has 0 atom stereocenters. The number of ether oxygens (including phenoxy) is 3. The van der Waals surface area contributed by atoms with Crippen LogP contribution in [-0.2, 0) is 9.53 Å². The molecule has 0 unspecified atom stereocenters. The van der Waals surface area contributed by atoms with Crippen LogP contribution in [0.2, 0.25) is 10.0 Å². The number of nitro benzene ring substituents is 1. The third-order valence-electron chi connectivity index (χ3n) is 5.02. The van der Waals surface area contributed by atoms with Crippen molar-refractivity contribution < 1.29 is 28.7 Å². The van der Waals surface area contributed by atoms with E-state index in [-0.39, 0.29) is 44.4 Å². The largest absolute Gasteiger partial charge is 0.493 e. The average Bonchev–Trinajstić information content (AvgIpc) is 3.20. The molecule has 0 amide bonds. The average molecular weight is 527 g/mol. The van der Waals surface area contributed by atoms with E-state index in [1.165, 1.54) is 37.5 Å². The molecule has 0 N–H and O–H groups in total. The Balaban J connectivity index is 1.65. The van der Waals surface area contributed by atoms with Crippen molar-refractivity contribution >= 4 is 52.8 Å². The van der Waals surface area contributed by atoms with E-state index in [9.17, 15) is 19.7 Å².